The highest BCUT2D eigenvalue weighted by Crippen LogP contribution is 2.49. The zero-order valence-corrected chi connectivity index (χ0v) is 7.25. The molecule has 1 saturated carbocycles. The second-order valence-corrected chi connectivity index (χ2v) is 7.47. The van der Waals surface area contributed by atoms with Crippen LogP contribution in [0.5, 0.6) is 0 Å². The summed E-state index contributed by atoms with van der Waals surface area (Å²) in [4.78, 5) is 0. The smallest absolute Gasteiger partial charge is 0.00866 e. The van der Waals surface area contributed by atoms with E-state index in [9.17, 15) is 0 Å². The minimum atomic E-state index is 1.04. The lowest BCUT2D eigenvalue weighted by Crippen LogP contribution is -1.60. The van der Waals surface area contributed by atoms with E-state index in [1.807, 2.05) is 0 Å². The van der Waals surface area contributed by atoms with Crippen LogP contribution < -0.4 is 0 Å². The van der Waals surface area contributed by atoms with Gasteiger partial charge in [0.25, 0.3) is 0 Å². The van der Waals surface area contributed by atoms with Crippen molar-refractivity contribution in [2.75, 3.05) is 0 Å². The average molecular weight is 160 g/mol. The fourth-order valence-corrected chi connectivity index (χ4v) is 6.79. The summed E-state index contributed by atoms with van der Waals surface area (Å²) in [6.45, 7) is 0. The van der Waals surface area contributed by atoms with Crippen molar-refractivity contribution >= 4 is 23.3 Å². The third-order valence-corrected chi connectivity index (χ3v) is 6.76. The SMILES string of the molecule is c1p[pH]pc1C1CC1. The van der Waals surface area contributed by atoms with Crippen LogP contribution in [0.2, 0.25) is 0 Å². The van der Waals surface area contributed by atoms with E-state index in [1.54, 1.807) is 21.0 Å². The van der Waals surface area contributed by atoms with Crippen LogP contribution in [0.4, 0.5) is 0 Å². The Hall–Kier alpha value is 0.640. The highest BCUT2D eigenvalue weighted by atomic mass is 32.1. The highest BCUT2D eigenvalue weighted by molar-refractivity contribution is 8.17. The van der Waals surface area contributed by atoms with Crippen molar-refractivity contribution in [1.29, 1.82) is 0 Å². The molecular formula is C5H7P3. The summed E-state index contributed by atoms with van der Waals surface area (Å²) < 4.78 is 0. The minimum Gasteiger partial charge on any atom is -0.0815 e. The summed E-state index contributed by atoms with van der Waals surface area (Å²) in [7, 11) is 4.42. The molecule has 0 aliphatic heterocycles. The molecular weight excluding hydrogens is 153 g/mol. The Morgan fingerprint density at radius 3 is 3.00 bits per heavy atom. The van der Waals surface area contributed by atoms with Crippen molar-refractivity contribution in [3.05, 3.63) is 11.1 Å². The zero-order chi connectivity index (χ0) is 5.40. The van der Waals surface area contributed by atoms with Crippen molar-refractivity contribution in [2.24, 2.45) is 0 Å². The molecule has 0 radical (unpaired) electrons. The van der Waals surface area contributed by atoms with Gasteiger partial charge in [-0.05, 0) is 37.7 Å². The Bertz CT molecular complexity index is 164. The molecule has 1 aromatic heterocycles. The molecule has 1 aliphatic rings. The van der Waals surface area contributed by atoms with E-state index in [0.29, 0.717) is 0 Å². The fraction of sp³-hybridized carbons (Fsp3) is 0.600. The molecule has 0 saturated heterocycles. The van der Waals surface area contributed by atoms with E-state index in [0.717, 1.165) is 5.92 Å². The average Bonchev–Trinajstić information content (AvgIpc) is 2.49. The predicted octanol–water partition coefficient (Wildman–Crippen LogP) is 3.76. The van der Waals surface area contributed by atoms with Crippen molar-refractivity contribution in [3.63, 3.8) is 0 Å². The predicted molar refractivity (Wildman–Crippen MR) is 42.9 cm³/mol. The summed E-state index contributed by atoms with van der Waals surface area (Å²) in [5.41, 5.74) is 0. The minimum absolute atomic E-state index is 1.04. The van der Waals surface area contributed by atoms with Gasteiger partial charge in [-0.25, -0.2) is 0 Å². The van der Waals surface area contributed by atoms with Crippen molar-refractivity contribution in [3.8, 4) is 0 Å². The molecule has 0 aromatic carbocycles. The summed E-state index contributed by atoms with van der Waals surface area (Å²) in [6, 6.07) is 0. The first-order chi connectivity index (χ1) is 3.97. The maximum atomic E-state index is 2.43. The zero-order valence-electron chi connectivity index (χ0n) is 4.46. The lowest BCUT2D eigenvalue weighted by atomic mass is 10.4. The van der Waals surface area contributed by atoms with E-state index in [4.69, 9.17) is 0 Å². The Balaban J connectivity index is 2.28. The summed E-state index contributed by atoms with van der Waals surface area (Å²) >= 11 is 0. The van der Waals surface area contributed by atoms with Crippen molar-refractivity contribution in [1.82, 2.24) is 0 Å². The first-order valence-electron chi connectivity index (χ1n) is 2.82. The van der Waals surface area contributed by atoms with E-state index in [-0.39, 0.29) is 0 Å². The lowest BCUT2D eigenvalue weighted by molar-refractivity contribution is 1.19. The van der Waals surface area contributed by atoms with E-state index < -0.39 is 0 Å². The molecule has 1 aromatic rings. The maximum absolute atomic E-state index is 2.43. The van der Waals surface area contributed by atoms with E-state index >= 15 is 0 Å². The molecule has 42 valence electrons. The van der Waals surface area contributed by atoms with Crippen molar-refractivity contribution < 1.29 is 0 Å². The Kier molecular flexibility index (Phi) is 1.43. The first-order valence-corrected chi connectivity index (χ1v) is 7.36. The van der Waals surface area contributed by atoms with Gasteiger partial charge in [-0.3, -0.25) is 0 Å². The number of hydrogen-bond donors (Lipinski definition) is 0. The molecule has 0 nitrogen and oxygen atoms in total. The Labute approximate surface area is 53.8 Å². The second-order valence-electron chi connectivity index (χ2n) is 2.17. The van der Waals surface area contributed by atoms with Crippen LogP contribution in [0, 0.1) is 0 Å². The van der Waals surface area contributed by atoms with Crippen molar-refractivity contribution in [2.45, 2.75) is 18.8 Å². The standard InChI is InChI=1S/C5H7P3/c1-2-4(1)5-3-6-8-7-5/h3-4,8H,1-2H2. The quantitative estimate of drug-likeness (QED) is 0.586. The van der Waals surface area contributed by atoms with Gasteiger partial charge in [0.1, 0.15) is 0 Å². The van der Waals surface area contributed by atoms with Crippen LogP contribution in [0.25, 0.3) is 0 Å². The summed E-state index contributed by atoms with van der Waals surface area (Å²) in [5, 5.41) is 1.75. The van der Waals surface area contributed by atoms with Gasteiger partial charge in [0.05, 0.1) is 0 Å². The van der Waals surface area contributed by atoms with Gasteiger partial charge in [0, 0.05) is 0 Å². The van der Waals surface area contributed by atoms with Crippen LogP contribution in [-0.2, 0) is 0 Å². The number of rotatable bonds is 1. The van der Waals surface area contributed by atoms with Crippen LogP contribution in [-0.4, -0.2) is 0 Å². The Morgan fingerprint density at radius 1 is 1.62 bits per heavy atom. The van der Waals surface area contributed by atoms with E-state index in [1.165, 1.54) is 20.4 Å². The fourth-order valence-electron chi connectivity index (χ4n) is 0.786. The first kappa shape index (κ1) is 5.43. The molecule has 1 heterocycles. The molecule has 0 N–H and O–H groups in total. The Morgan fingerprint density at radius 2 is 2.50 bits per heavy atom. The molecule has 0 bridgehead atoms. The largest absolute Gasteiger partial charge is 0.0815 e. The van der Waals surface area contributed by atoms with Gasteiger partial charge < -0.3 is 0 Å². The number of hydrogen-bond acceptors (Lipinski definition) is 0. The third-order valence-electron chi connectivity index (χ3n) is 1.43. The molecule has 8 heavy (non-hydrogen) atoms. The summed E-state index contributed by atoms with van der Waals surface area (Å²) in [6.07, 6.45) is 2.97. The molecule has 2 rings (SSSR count). The molecule has 1 fully saturated rings. The van der Waals surface area contributed by atoms with Gasteiger partial charge in [-0.2, -0.15) is 0 Å². The topological polar surface area (TPSA) is 0 Å². The second kappa shape index (κ2) is 2.11. The van der Waals surface area contributed by atoms with Crippen LogP contribution in [0.1, 0.15) is 24.1 Å². The van der Waals surface area contributed by atoms with Crippen LogP contribution in [0.3, 0.4) is 0 Å². The molecule has 0 spiro atoms. The normalized spacial score (nSPS) is 22.0. The molecule has 1 atom stereocenters. The highest BCUT2D eigenvalue weighted by Gasteiger charge is 2.23. The molecule has 3 heteroatoms. The third kappa shape index (κ3) is 0.985. The summed E-state index contributed by atoms with van der Waals surface area (Å²) in [5.74, 6) is 3.47. The van der Waals surface area contributed by atoms with Gasteiger partial charge in [0.2, 0.25) is 0 Å². The van der Waals surface area contributed by atoms with Gasteiger partial charge >= 0.3 is 0 Å². The van der Waals surface area contributed by atoms with Gasteiger partial charge in [-0.15, -0.1) is 0 Å². The monoisotopic (exact) mass is 160 g/mol. The van der Waals surface area contributed by atoms with Crippen LogP contribution >= 0.6 is 23.3 Å². The molecule has 1 unspecified atom stereocenters. The van der Waals surface area contributed by atoms with Gasteiger partial charge in [-0.1, -0.05) is 15.4 Å². The van der Waals surface area contributed by atoms with Gasteiger partial charge in [0.15, 0.2) is 0 Å². The van der Waals surface area contributed by atoms with Crippen LogP contribution in [0.15, 0.2) is 5.80 Å². The lowest BCUT2D eigenvalue weighted by Gasteiger charge is -1.81. The molecule has 0 amide bonds. The maximum Gasteiger partial charge on any atom is -0.00866 e. The van der Waals surface area contributed by atoms with E-state index in [2.05, 4.69) is 5.80 Å². The molecule has 1 aliphatic carbocycles.